The molecule has 0 fully saturated rings. The molecular weight excluding hydrogens is 346 g/mol. The van der Waals surface area contributed by atoms with Gasteiger partial charge in [0.1, 0.15) is 0 Å². The second-order valence-corrected chi connectivity index (χ2v) is 8.28. The van der Waals surface area contributed by atoms with Crippen LogP contribution in [0.15, 0.2) is 66.7 Å². The number of aromatic nitrogens is 1. The van der Waals surface area contributed by atoms with E-state index in [1.165, 1.54) is 53.5 Å². The number of thiophene rings is 1. The molecular formula is C25H21NS. The van der Waals surface area contributed by atoms with Crippen LogP contribution in [0.5, 0.6) is 0 Å². The highest BCUT2D eigenvalue weighted by Crippen LogP contribution is 2.36. The molecule has 0 aliphatic rings. The Balaban J connectivity index is 1.70. The number of hydrogen-bond donors (Lipinski definition) is 1. The number of fused-ring (bicyclic) bond motifs is 4. The van der Waals surface area contributed by atoms with Gasteiger partial charge in [0.05, 0.1) is 0 Å². The maximum atomic E-state index is 3.51. The Morgan fingerprint density at radius 1 is 0.852 bits per heavy atom. The summed E-state index contributed by atoms with van der Waals surface area (Å²) in [5, 5.41) is 3.93. The molecule has 1 nitrogen and oxygen atoms in total. The first kappa shape index (κ1) is 16.3. The summed E-state index contributed by atoms with van der Waals surface area (Å²) in [5.74, 6) is 0. The van der Waals surface area contributed by atoms with Crippen LogP contribution in [0, 0.1) is 6.92 Å². The van der Waals surface area contributed by atoms with Gasteiger partial charge < -0.3 is 4.98 Å². The third kappa shape index (κ3) is 2.68. The van der Waals surface area contributed by atoms with Crippen LogP contribution in [0.25, 0.3) is 49.1 Å². The van der Waals surface area contributed by atoms with Crippen LogP contribution in [0.2, 0.25) is 0 Å². The molecule has 5 aromatic rings. The van der Waals surface area contributed by atoms with Gasteiger partial charge in [0.25, 0.3) is 0 Å². The quantitative estimate of drug-likeness (QED) is 0.333. The summed E-state index contributed by atoms with van der Waals surface area (Å²) in [5.41, 5.74) is 6.30. The number of aryl methyl sites for hydroxylation is 1. The topological polar surface area (TPSA) is 15.8 Å². The molecule has 2 heterocycles. The van der Waals surface area contributed by atoms with E-state index in [0.29, 0.717) is 0 Å². The molecule has 0 bridgehead atoms. The average molecular weight is 368 g/mol. The highest BCUT2D eigenvalue weighted by molar-refractivity contribution is 7.19. The van der Waals surface area contributed by atoms with Crippen LogP contribution in [0.3, 0.4) is 0 Å². The van der Waals surface area contributed by atoms with Gasteiger partial charge >= 0.3 is 0 Å². The lowest BCUT2D eigenvalue weighted by Gasteiger charge is -2.04. The summed E-state index contributed by atoms with van der Waals surface area (Å²) in [7, 11) is 0. The van der Waals surface area contributed by atoms with E-state index in [1.807, 2.05) is 11.3 Å². The Morgan fingerprint density at radius 3 is 2.44 bits per heavy atom. The molecule has 5 rings (SSSR count). The molecule has 0 aliphatic heterocycles. The molecule has 0 unspecified atom stereocenters. The van der Waals surface area contributed by atoms with E-state index in [4.69, 9.17) is 0 Å². The Bertz CT molecular complexity index is 1320. The fourth-order valence-corrected chi connectivity index (χ4v) is 4.92. The Morgan fingerprint density at radius 2 is 1.59 bits per heavy atom. The Hall–Kier alpha value is -2.84. The number of aromatic amines is 1. The first-order chi connectivity index (χ1) is 13.2. The fraction of sp³-hybridized carbons (Fsp3) is 0.120. The number of rotatable bonds is 3. The molecule has 0 saturated heterocycles. The van der Waals surface area contributed by atoms with Gasteiger partial charge in [-0.25, -0.2) is 0 Å². The van der Waals surface area contributed by atoms with Gasteiger partial charge in [-0.3, -0.25) is 0 Å². The molecule has 27 heavy (non-hydrogen) atoms. The van der Waals surface area contributed by atoms with E-state index in [-0.39, 0.29) is 0 Å². The number of allylic oxidation sites excluding steroid dienone is 1. The largest absolute Gasteiger partial charge is 0.355 e. The molecule has 0 amide bonds. The van der Waals surface area contributed by atoms with E-state index < -0.39 is 0 Å². The Kier molecular flexibility index (Phi) is 3.87. The van der Waals surface area contributed by atoms with Crippen molar-refractivity contribution in [1.29, 1.82) is 0 Å². The fourth-order valence-electron chi connectivity index (χ4n) is 3.89. The van der Waals surface area contributed by atoms with E-state index in [9.17, 15) is 0 Å². The number of nitrogens with one attached hydrogen (secondary N) is 1. The predicted octanol–water partition coefficient (Wildman–Crippen LogP) is 7.93. The van der Waals surface area contributed by atoms with E-state index in [2.05, 4.69) is 91.6 Å². The number of hydrogen-bond acceptors (Lipinski definition) is 1. The number of benzene rings is 3. The first-order valence-electron chi connectivity index (χ1n) is 9.45. The van der Waals surface area contributed by atoms with Gasteiger partial charge in [0.2, 0.25) is 0 Å². The van der Waals surface area contributed by atoms with Gasteiger partial charge in [0, 0.05) is 36.8 Å². The maximum Gasteiger partial charge on any atom is 0.0465 e. The molecule has 1 N–H and O–H groups in total. The van der Waals surface area contributed by atoms with Crippen LogP contribution >= 0.6 is 11.3 Å². The molecule has 0 spiro atoms. The minimum atomic E-state index is 1.06. The molecule has 3 aromatic carbocycles. The summed E-state index contributed by atoms with van der Waals surface area (Å²) in [6.07, 6.45) is 5.59. The first-order valence-corrected chi connectivity index (χ1v) is 10.3. The molecule has 2 aromatic heterocycles. The van der Waals surface area contributed by atoms with E-state index in [0.717, 1.165) is 6.42 Å². The molecule has 0 aliphatic carbocycles. The number of para-hydroxylation sites is 1. The van der Waals surface area contributed by atoms with Gasteiger partial charge in [-0.05, 0) is 60.4 Å². The van der Waals surface area contributed by atoms with Crippen LogP contribution in [-0.2, 0) is 0 Å². The Labute approximate surface area is 163 Å². The van der Waals surface area contributed by atoms with Crippen molar-refractivity contribution in [3.8, 4) is 11.1 Å². The van der Waals surface area contributed by atoms with Crippen LogP contribution in [0.1, 0.15) is 23.8 Å². The SMILES string of the molecule is CC/C=C\c1c(C)sc2ccc(-c3ccc4[nH]c5ccccc5c4c3)cc12. The lowest BCUT2D eigenvalue weighted by atomic mass is 10.00. The van der Waals surface area contributed by atoms with E-state index in [1.54, 1.807) is 0 Å². The standard InChI is InChI=1S/C25H21NS/c1-3-4-7-19-16(2)27-25-13-11-18(15-22(19)25)17-10-12-24-21(14-17)20-8-5-6-9-23(20)26-24/h4-15,26H,3H2,1-2H3/b7-4-. The van der Waals surface area contributed by atoms with Crippen molar-refractivity contribution in [3.63, 3.8) is 0 Å². The van der Waals surface area contributed by atoms with Gasteiger partial charge in [-0.15, -0.1) is 11.3 Å². The van der Waals surface area contributed by atoms with E-state index >= 15 is 0 Å². The van der Waals surface area contributed by atoms with Crippen molar-refractivity contribution in [2.75, 3.05) is 0 Å². The monoisotopic (exact) mass is 367 g/mol. The zero-order valence-electron chi connectivity index (χ0n) is 15.5. The molecule has 0 saturated carbocycles. The van der Waals surface area contributed by atoms with Crippen molar-refractivity contribution in [3.05, 3.63) is 77.2 Å². The predicted molar refractivity (Wildman–Crippen MR) is 121 cm³/mol. The third-order valence-electron chi connectivity index (χ3n) is 5.27. The third-order valence-corrected chi connectivity index (χ3v) is 6.37. The second kappa shape index (κ2) is 6.40. The summed E-state index contributed by atoms with van der Waals surface area (Å²) >= 11 is 1.88. The molecule has 0 radical (unpaired) electrons. The normalized spacial score (nSPS) is 12.1. The van der Waals surface area contributed by atoms with Crippen LogP contribution in [0.4, 0.5) is 0 Å². The summed E-state index contributed by atoms with van der Waals surface area (Å²) in [6.45, 7) is 4.40. The van der Waals surface area contributed by atoms with Crippen molar-refractivity contribution in [2.45, 2.75) is 20.3 Å². The average Bonchev–Trinajstić information content (AvgIpc) is 3.22. The summed E-state index contributed by atoms with van der Waals surface area (Å²) in [6, 6.07) is 22.1. The summed E-state index contributed by atoms with van der Waals surface area (Å²) < 4.78 is 1.36. The molecule has 0 atom stereocenters. The lowest BCUT2D eigenvalue weighted by Crippen LogP contribution is -1.79. The molecule has 2 heteroatoms. The van der Waals surface area contributed by atoms with Crippen LogP contribution in [-0.4, -0.2) is 4.98 Å². The number of H-pyrrole nitrogens is 1. The van der Waals surface area contributed by atoms with Crippen molar-refractivity contribution >= 4 is 49.3 Å². The summed E-state index contributed by atoms with van der Waals surface area (Å²) in [4.78, 5) is 4.90. The van der Waals surface area contributed by atoms with Crippen molar-refractivity contribution < 1.29 is 0 Å². The maximum absolute atomic E-state index is 3.51. The molecule has 132 valence electrons. The van der Waals surface area contributed by atoms with Gasteiger partial charge in [0.15, 0.2) is 0 Å². The smallest absolute Gasteiger partial charge is 0.0465 e. The van der Waals surface area contributed by atoms with Crippen molar-refractivity contribution in [1.82, 2.24) is 4.98 Å². The highest BCUT2D eigenvalue weighted by atomic mass is 32.1. The minimum Gasteiger partial charge on any atom is -0.355 e. The highest BCUT2D eigenvalue weighted by Gasteiger charge is 2.10. The van der Waals surface area contributed by atoms with Crippen LogP contribution < -0.4 is 0 Å². The zero-order valence-corrected chi connectivity index (χ0v) is 16.4. The van der Waals surface area contributed by atoms with Crippen molar-refractivity contribution in [2.24, 2.45) is 0 Å². The van der Waals surface area contributed by atoms with Gasteiger partial charge in [-0.1, -0.05) is 49.4 Å². The second-order valence-electron chi connectivity index (χ2n) is 7.02. The lowest BCUT2D eigenvalue weighted by molar-refractivity contribution is 1.23. The minimum absolute atomic E-state index is 1.06. The zero-order chi connectivity index (χ0) is 18.4. The van der Waals surface area contributed by atoms with Gasteiger partial charge in [-0.2, -0.15) is 0 Å².